The van der Waals surface area contributed by atoms with Gasteiger partial charge >= 0.3 is 5.97 Å². The largest absolute Gasteiger partial charge is 0.451 e. The highest BCUT2D eigenvalue weighted by Crippen LogP contribution is 2.69. The quantitative estimate of drug-likeness (QED) is 0.731. The molecule has 0 radical (unpaired) electrons. The first kappa shape index (κ1) is 19.4. The van der Waals surface area contributed by atoms with Crippen LogP contribution in [0.4, 0.5) is 0 Å². The van der Waals surface area contributed by atoms with Gasteiger partial charge in [0.2, 0.25) is 0 Å². The minimum atomic E-state index is -0.922. The van der Waals surface area contributed by atoms with Gasteiger partial charge in [0, 0.05) is 12.3 Å². The van der Waals surface area contributed by atoms with Gasteiger partial charge in [0.1, 0.15) is 0 Å². The first-order valence-electron chi connectivity index (χ1n) is 11.0. The Hall–Kier alpha value is -0.900. The molecule has 4 saturated carbocycles. The molecule has 4 nitrogen and oxygen atoms in total. The van der Waals surface area contributed by atoms with E-state index in [1.165, 1.54) is 19.8 Å². The monoisotopic (exact) mass is 376 g/mol. The summed E-state index contributed by atoms with van der Waals surface area (Å²) in [5.74, 6) is 2.11. The minimum Gasteiger partial charge on any atom is -0.451 e. The van der Waals surface area contributed by atoms with Crippen LogP contribution in [0.25, 0.3) is 0 Å². The van der Waals surface area contributed by atoms with Gasteiger partial charge in [-0.2, -0.15) is 0 Å². The molecule has 152 valence electrons. The highest BCUT2D eigenvalue weighted by molar-refractivity contribution is 5.89. The minimum absolute atomic E-state index is 0.0295. The van der Waals surface area contributed by atoms with Gasteiger partial charge in [-0.1, -0.05) is 13.8 Å². The van der Waals surface area contributed by atoms with E-state index < -0.39 is 5.60 Å². The molecule has 0 heterocycles. The summed E-state index contributed by atoms with van der Waals surface area (Å²) in [6.07, 6.45) is 9.08. The van der Waals surface area contributed by atoms with Gasteiger partial charge in [-0.25, -0.2) is 0 Å². The van der Waals surface area contributed by atoms with Crippen molar-refractivity contribution in [1.82, 2.24) is 0 Å². The van der Waals surface area contributed by atoms with Crippen molar-refractivity contribution in [2.24, 2.45) is 34.5 Å². The van der Waals surface area contributed by atoms with Crippen molar-refractivity contribution < 1.29 is 19.4 Å². The number of ether oxygens (including phenoxy) is 1. The topological polar surface area (TPSA) is 63.6 Å². The molecular formula is C23H36O4. The second-order valence-corrected chi connectivity index (χ2v) is 10.6. The summed E-state index contributed by atoms with van der Waals surface area (Å²) in [6, 6.07) is 0. The van der Waals surface area contributed by atoms with Crippen molar-refractivity contribution in [1.29, 1.82) is 0 Å². The predicted molar refractivity (Wildman–Crippen MR) is 103 cm³/mol. The molecule has 8 atom stereocenters. The average Bonchev–Trinajstić information content (AvgIpc) is 2.89. The summed E-state index contributed by atoms with van der Waals surface area (Å²) in [6.45, 7) is 7.75. The Morgan fingerprint density at radius 2 is 1.63 bits per heavy atom. The van der Waals surface area contributed by atoms with Gasteiger partial charge in [-0.3, -0.25) is 9.59 Å². The van der Waals surface area contributed by atoms with E-state index in [9.17, 15) is 14.7 Å². The molecular weight excluding hydrogens is 340 g/mol. The molecule has 4 rings (SSSR count). The lowest BCUT2D eigenvalue weighted by molar-refractivity contribution is -0.192. The van der Waals surface area contributed by atoms with E-state index in [1.54, 1.807) is 6.92 Å². The maximum atomic E-state index is 12.7. The number of hydrogen-bond donors (Lipinski definition) is 1. The fraction of sp³-hybridized carbons (Fsp3) is 0.913. The summed E-state index contributed by atoms with van der Waals surface area (Å²) in [7, 11) is 0. The molecule has 0 aromatic carbocycles. The van der Waals surface area contributed by atoms with Crippen molar-refractivity contribution in [3.63, 3.8) is 0 Å². The summed E-state index contributed by atoms with van der Waals surface area (Å²) in [5.41, 5.74) is -0.829. The fourth-order valence-electron chi connectivity index (χ4n) is 8.30. The predicted octanol–water partition coefficient (Wildman–Crippen LogP) is 4.28. The third kappa shape index (κ3) is 2.58. The van der Waals surface area contributed by atoms with E-state index in [4.69, 9.17) is 4.74 Å². The van der Waals surface area contributed by atoms with Crippen LogP contribution in [0.1, 0.15) is 85.5 Å². The van der Waals surface area contributed by atoms with Crippen LogP contribution in [0, 0.1) is 34.5 Å². The zero-order valence-electron chi connectivity index (χ0n) is 17.4. The number of ketones is 1. The number of aliphatic hydroxyl groups is 1. The van der Waals surface area contributed by atoms with E-state index in [2.05, 4.69) is 13.8 Å². The Labute approximate surface area is 163 Å². The third-order valence-corrected chi connectivity index (χ3v) is 9.64. The number of fused-ring (bicyclic) bond motifs is 5. The van der Waals surface area contributed by atoms with Gasteiger partial charge in [0.15, 0.2) is 11.4 Å². The van der Waals surface area contributed by atoms with Gasteiger partial charge in [-0.05, 0) is 93.8 Å². The van der Waals surface area contributed by atoms with Crippen LogP contribution in [-0.2, 0) is 14.3 Å². The fourth-order valence-corrected chi connectivity index (χ4v) is 8.30. The lowest BCUT2D eigenvalue weighted by atomic mass is 9.44. The van der Waals surface area contributed by atoms with Crippen LogP contribution in [0.3, 0.4) is 0 Å². The Morgan fingerprint density at radius 3 is 2.30 bits per heavy atom. The molecule has 0 bridgehead atoms. The zero-order chi connectivity index (χ0) is 19.6. The van der Waals surface area contributed by atoms with Crippen molar-refractivity contribution >= 4 is 11.8 Å². The van der Waals surface area contributed by atoms with Crippen molar-refractivity contribution in [3.05, 3.63) is 0 Å². The summed E-state index contributed by atoms with van der Waals surface area (Å²) < 4.78 is 5.84. The van der Waals surface area contributed by atoms with Crippen LogP contribution in [0.15, 0.2) is 0 Å². The normalized spacial score (nSPS) is 51.7. The van der Waals surface area contributed by atoms with Crippen molar-refractivity contribution in [3.8, 4) is 0 Å². The van der Waals surface area contributed by atoms with Crippen LogP contribution >= 0.6 is 0 Å². The first-order valence-corrected chi connectivity index (χ1v) is 11.0. The zero-order valence-corrected chi connectivity index (χ0v) is 17.4. The molecule has 4 aliphatic carbocycles. The number of Topliss-reactive ketones (excluding diaryl/α,β-unsaturated/α-hetero) is 1. The molecule has 4 aliphatic rings. The number of carbonyl (C=O) groups excluding carboxylic acids is 2. The summed E-state index contributed by atoms with van der Waals surface area (Å²) in [5, 5.41) is 10.2. The number of hydrogen-bond acceptors (Lipinski definition) is 4. The van der Waals surface area contributed by atoms with Gasteiger partial charge in [0.05, 0.1) is 6.10 Å². The molecule has 0 aliphatic heterocycles. The SMILES string of the molecule is CC(=O)O[C@]1(C(C)=O)CC[C@H]2[C@@H]3CC[C@@H]4C[C@H](O)CC[C@]4(C)[C@@H]3CC[C@@]21C. The molecule has 4 fully saturated rings. The number of rotatable bonds is 2. The van der Waals surface area contributed by atoms with Gasteiger partial charge in [0.25, 0.3) is 0 Å². The molecule has 0 aromatic rings. The number of carbonyl (C=O) groups is 2. The first-order chi connectivity index (χ1) is 12.6. The summed E-state index contributed by atoms with van der Waals surface area (Å²) >= 11 is 0. The van der Waals surface area contributed by atoms with E-state index in [0.29, 0.717) is 35.5 Å². The van der Waals surface area contributed by atoms with Gasteiger partial charge in [-0.15, -0.1) is 0 Å². The second-order valence-electron chi connectivity index (χ2n) is 10.6. The third-order valence-electron chi connectivity index (χ3n) is 9.64. The van der Waals surface area contributed by atoms with Crippen LogP contribution in [-0.4, -0.2) is 28.6 Å². The lowest BCUT2D eigenvalue weighted by Crippen LogP contribution is -2.59. The lowest BCUT2D eigenvalue weighted by Gasteiger charge is -2.61. The standard InChI is InChI=1S/C23H36O4/c1-14(24)23(27-15(2)25)12-9-20-18-6-5-16-13-17(26)7-10-21(16,3)19(18)8-11-22(20,23)4/h16-20,26H,5-13H2,1-4H3/t16-,17-,18-,19-,20+,21+,22+,23+/m1/s1. The smallest absolute Gasteiger partial charge is 0.303 e. The summed E-state index contributed by atoms with van der Waals surface area (Å²) in [4.78, 5) is 24.6. The maximum Gasteiger partial charge on any atom is 0.303 e. The molecule has 1 N–H and O–H groups in total. The maximum absolute atomic E-state index is 12.7. The molecule has 0 amide bonds. The number of esters is 1. The molecule has 27 heavy (non-hydrogen) atoms. The highest BCUT2D eigenvalue weighted by Gasteiger charge is 2.68. The van der Waals surface area contributed by atoms with Crippen LogP contribution in [0.2, 0.25) is 0 Å². The van der Waals surface area contributed by atoms with Crippen molar-refractivity contribution in [2.45, 2.75) is 97.2 Å². The van der Waals surface area contributed by atoms with Gasteiger partial charge < -0.3 is 9.84 Å². The Morgan fingerprint density at radius 1 is 0.926 bits per heavy atom. The van der Waals surface area contributed by atoms with Crippen molar-refractivity contribution in [2.75, 3.05) is 0 Å². The molecule has 0 aromatic heterocycles. The van der Waals surface area contributed by atoms with Crippen LogP contribution in [0.5, 0.6) is 0 Å². The molecule has 0 saturated heterocycles. The van der Waals surface area contributed by atoms with E-state index in [-0.39, 0.29) is 23.3 Å². The van der Waals surface area contributed by atoms with Crippen LogP contribution < -0.4 is 0 Å². The molecule has 4 heteroatoms. The van der Waals surface area contributed by atoms with E-state index in [1.807, 2.05) is 0 Å². The Bertz CT molecular complexity index is 644. The molecule has 0 spiro atoms. The second kappa shape index (κ2) is 6.30. The van der Waals surface area contributed by atoms with E-state index in [0.717, 1.165) is 38.5 Å². The Kier molecular flexibility index (Phi) is 4.53. The average molecular weight is 377 g/mol. The highest BCUT2D eigenvalue weighted by atomic mass is 16.6. The number of aliphatic hydroxyl groups excluding tert-OH is 1. The molecule has 0 unspecified atom stereocenters. The Balaban J connectivity index is 1.66. The van der Waals surface area contributed by atoms with E-state index >= 15 is 0 Å².